The first-order chi connectivity index (χ1) is 7.18. The van der Waals surface area contributed by atoms with E-state index in [2.05, 4.69) is 15.5 Å². The minimum absolute atomic E-state index is 0.269. The molecule has 0 unspecified atom stereocenters. The van der Waals surface area contributed by atoms with Crippen molar-refractivity contribution in [1.29, 1.82) is 0 Å². The number of pyridine rings is 1. The van der Waals surface area contributed by atoms with E-state index in [1.54, 1.807) is 26.4 Å². The molecule has 0 spiro atoms. The highest BCUT2D eigenvalue weighted by atomic mass is 16.2. The maximum Gasteiger partial charge on any atom is 0.360 e. The number of urea groups is 1. The molecule has 0 atom stereocenters. The molecule has 2 amide bonds. The Morgan fingerprint density at radius 2 is 2.00 bits per heavy atom. The lowest BCUT2D eigenvalue weighted by Gasteiger charge is -2.26. The number of hydrogen-bond acceptors (Lipinski definition) is 3. The fourth-order valence-corrected chi connectivity index (χ4v) is 1.20. The van der Waals surface area contributed by atoms with Crippen LogP contribution < -0.4 is 5.43 Å². The number of nitrogens with zero attached hydrogens (tertiary/aromatic N) is 5. The van der Waals surface area contributed by atoms with Crippen molar-refractivity contribution >= 4 is 11.9 Å². The van der Waals surface area contributed by atoms with E-state index in [0.717, 1.165) is 0 Å². The Labute approximate surface area is 87.2 Å². The predicted octanol–water partition coefficient (Wildman–Crippen LogP) is 0.260. The molecule has 1 aliphatic heterocycles. The summed E-state index contributed by atoms with van der Waals surface area (Å²) in [6, 6.07) is 5.18. The molecule has 1 radical (unpaired) electrons. The van der Waals surface area contributed by atoms with Crippen LogP contribution in [0.1, 0.15) is 5.69 Å². The van der Waals surface area contributed by atoms with Crippen molar-refractivity contribution in [3.05, 3.63) is 30.1 Å². The SMILES string of the molecule is CN1[N]C(c2ccccn2)=NN(C)C1=O. The van der Waals surface area contributed by atoms with Crippen LogP contribution in [0.2, 0.25) is 0 Å². The average molecular weight is 204 g/mol. The second-order valence-electron chi connectivity index (χ2n) is 3.07. The molecule has 0 bridgehead atoms. The summed E-state index contributed by atoms with van der Waals surface area (Å²) in [6.07, 6.45) is 1.66. The van der Waals surface area contributed by atoms with Crippen molar-refractivity contribution in [3.63, 3.8) is 0 Å². The zero-order valence-corrected chi connectivity index (χ0v) is 8.45. The lowest BCUT2D eigenvalue weighted by atomic mass is 10.3. The highest BCUT2D eigenvalue weighted by Crippen LogP contribution is 2.05. The van der Waals surface area contributed by atoms with Gasteiger partial charge < -0.3 is 0 Å². The van der Waals surface area contributed by atoms with Gasteiger partial charge in [-0.1, -0.05) is 6.07 Å². The lowest BCUT2D eigenvalue weighted by Crippen LogP contribution is -2.48. The Balaban J connectivity index is 2.32. The Hall–Kier alpha value is -2.11. The van der Waals surface area contributed by atoms with Crippen molar-refractivity contribution in [2.75, 3.05) is 14.1 Å². The molecule has 0 fully saturated rings. The van der Waals surface area contributed by atoms with Gasteiger partial charge in [-0.15, -0.1) is 10.5 Å². The van der Waals surface area contributed by atoms with E-state index in [1.807, 2.05) is 12.1 Å². The third-order valence-electron chi connectivity index (χ3n) is 1.94. The summed E-state index contributed by atoms with van der Waals surface area (Å²) in [5, 5.41) is 6.48. The van der Waals surface area contributed by atoms with Crippen molar-refractivity contribution in [3.8, 4) is 0 Å². The van der Waals surface area contributed by atoms with Crippen molar-refractivity contribution < 1.29 is 4.79 Å². The Bertz CT molecular complexity index is 402. The van der Waals surface area contributed by atoms with E-state index < -0.39 is 0 Å². The molecule has 6 heteroatoms. The van der Waals surface area contributed by atoms with Crippen molar-refractivity contribution in [2.45, 2.75) is 0 Å². The topological polar surface area (TPSA) is 62.9 Å². The third-order valence-corrected chi connectivity index (χ3v) is 1.94. The number of carbonyl (C=O) groups excluding carboxylic acids is 1. The van der Waals surface area contributed by atoms with Crippen LogP contribution >= 0.6 is 0 Å². The fourth-order valence-electron chi connectivity index (χ4n) is 1.20. The zero-order chi connectivity index (χ0) is 10.8. The molecule has 1 aromatic heterocycles. The Morgan fingerprint density at radius 3 is 2.60 bits per heavy atom. The van der Waals surface area contributed by atoms with E-state index in [4.69, 9.17) is 0 Å². The van der Waals surface area contributed by atoms with Crippen LogP contribution in [-0.4, -0.2) is 41.0 Å². The monoisotopic (exact) mass is 204 g/mol. The summed E-state index contributed by atoms with van der Waals surface area (Å²) >= 11 is 0. The van der Waals surface area contributed by atoms with E-state index in [1.165, 1.54) is 10.0 Å². The van der Waals surface area contributed by atoms with Gasteiger partial charge in [0, 0.05) is 20.3 Å². The number of aromatic nitrogens is 1. The van der Waals surface area contributed by atoms with Gasteiger partial charge in [-0.2, -0.15) is 0 Å². The second-order valence-corrected chi connectivity index (χ2v) is 3.07. The normalized spacial score (nSPS) is 16.1. The maximum atomic E-state index is 11.3. The standard InChI is InChI=1S/C9H10N5O/c1-13-9(15)14(2)12-8(11-13)7-5-3-4-6-10-7/h3-6H,1-2H3. The summed E-state index contributed by atoms with van der Waals surface area (Å²) < 4.78 is 0. The number of carbonyl (C=O) groups is 1. The van der Waals surface area contributed by atoms with E-state index in [9.17, 15) is 4.79 Å². The molecule has 15 heavy (non-hydrogen) atoms. The second kappa shape index (κ2) is 3.56. The van der Waals surface area contributed by atoms with Gasteiger partial charge in [0.25, 0.3) is 0 Å². The minimum Gasteiger partial charge on any atom is -0.253 e. The highest BCUT2D eigenvalue weighted by Gasteiger charge is 2.24. The number of rotatable bonds is 1. The summed E-state index contributed by atoms with van der Waals surface area (Å²) in [5.74, 6) is 0.431. The van der Waals surface area contributed by atoms with Gasteiger partial charge in [-0.25, -0.2) is 14.8 Å². The Kier molecular flexibility index (Phi) is 2.24. The van der Waals surface area contributed by atoms with Gasteiger partial charge in [0.15, 0.2) is 0 Å². The summed E-state index contributed by atoms with van der Waals surface area (Å²) in [5.41, 5.74) is 4.66. The average Bonchev–Trinajstić information content (AvgIpc) is 2.26. The largest absolute Gasteiger partial charge is 0.360 e. The number of amidine groups is 1. The van der Waals surface area contributed by atoms with Crippen molar-refractivity contribution in [1.82, 2.24) is 20.4 Å². The molecule has 0 saturated heterocycles. The van der Waals surface area contributed by atoms with E-state index in [-0.39, 0.29) is 6.03 Å². The smallest absolute Gasteiger partial charge is 0.253 e. The van der Waals surface area contributed by atoms with Crippen LogP contribution in [0.15, 0.2) is 29.5 Å². The molecule has 2 rings (SSSR count). The molecule has 0 aromatic carbocycles. The molecule has 1 aliphatic rings. The number of hydrazone groups is 1. The van der Waals surface area contributed by atoms with Gasteiger partial charge in [0.1, 0.15) is 5.69 Å². The Morgan fingerprint density at radius 1 is 1.20 bits per heavy atom. The molecular formula is C9H10N5O. The molecule has 0 N–H and O–H groups in total. The molecule has 77 valence electrons. The van der Waals surface area contributed by atoms with Crippen LogP contribution in [-0.2, 0) is 0 Å². The van der Waals surface area contributed by atoms with Crippen LogP contribution in [0.5, 0.6) is 0 Å². The van der Waals surface area contributed by atoms with Crippen molar-refractivity contribution in [2.24, 2.45) is 5.10 Å². The summed E-state index contributed by atoms with van der Waals surface area (Å²) in [4.78, 5) is 15.4. The number of amides is 2. The fraction of sp³-hybridized carbons (Fsp3) is 0.222. The summed E-state index contributed by atoms with van der Waals surface area (Å²) in [6.45, 7) is 0. The van der Waals surface area contributed by atoms with Gasteiger partial charge in [0.05, 0.1) is 0 Å². The van der Waals surface area contributed by atoms with Crippen LogP contribution in [0.3, 0.4) is 0 Å². The quantitative estimate of drug-likeness (QED) is 0.658. The first-order valence-electron chi connectivity index (χ1n) is 4.41. The van der Waals surface area contributed by atoms with E-state index in [0.29, 0.717) is 11.5 Å². The number of hydrogen-bond donors (Lipinski definition) is 0. The first-order valence-corrected chi connectivity index (χ1v) is 4.41. The third kappa shape index (κ3) is 1.74. The van der Waals surface area contributed by atoms with Crippen LogP contribution in [0.4, 0.5) is 4.79 Å². The van der Waals surface area contributed by atoms with Gasteiger partial charge >= 0.3 is 6.03 Å². The van der Waals surface area contributed by atoms with Gasteiger partial charge in [0.2, 0.25) is 5.84 Å². The van der Waals surface area contributed by atoms with Gasteiger partial charge in [-0.05, 0) is 12.1 Å². The summed E-state index contributed by atoms with van der Waals surface area (Å²) in [7, 11) is 3.16. The first kappa shape index (κ1) is 9.45. The predicted molar refractivity (Wildman–Crippen MR) is 53.8 cm³/mol. The lowest BCUT2D eigenvalue weighted by molar-refractivity contribution is 0.155. The molecule has 0 saturated carbocycles. The molecule has 6 nitrogen and oxygen atoms in total. The molecular weight excluding hydrogens is 194 g/mol. The van der Waals surface area contributed by atoms with Gasteiger partial charge in [-0.3, -0.25) is 4.98 Å². The molecule has 0 aliphatic carbocycles. The molecule has 1 aromatic rings. The highest BCUT2D eigenvalue weighted by molar-refractivity contribution is 5.99. The van der Waals surface area contributed by atoms with Crippen LogP contribution in [0.25, 0.3) is 0 Å². The van der Waals surface area contributed by atoms with Crippen LogP contribution in [0, 0.1) is 0 Å². The maximum absolute atomic E-state index is 11.3. The minimum atomic E-state index is -0.269. The zero-order valence-electron chi connectivity index (χ0n) is 8.45. The molecule has 2 heterocycles. The van der Waals surface area contributed by atoms with E-state index >= 15 is 0 Å².